The summed E-state index contributed by atoms with van der Waals surface area (Å²) in [6, 6.07) is 26.0. The Balaban J connectivity index is 1.70. The Kier molecular flexibility index (Phi) is 7.67. The van der Waals surface area contributed by atoms with E-state index in [0.29, 0.717) is 17.8 Å². The van der Waals surface area contributed by atoms with Gasteiger partial charge in [-0.2, -0.15) is 0 Å². The molecule has 3 aromatic carbocycles. The van der Waals surface area contributed by atoms with Crippen molar-refractivity contribution in [2.24, 2.45) is 0 Å². The number of nitrogens with one attached hydrogen (secondary N) is 2. The largest absolute Gasteiger partial charge is 0.332 e. The summed E-state index contributed by atoms with van der Waals surface area (Å²) in [6.07, 6.45) is 3.11. The van der Waals surface area contributed by atoms with Crippen molar-refractivity contribution in [3.8, 4) is 0 Å². The third kappa shape index (κ3) is 6.10. The number of hydrogen-bond donors (Lipinski definition) is 2. The van der Waals surface area contributed by atoms with Gasteiger partial charge in [-0.05, 0) is 55.0 Å². The summed E-state index contributed by atoms with van der Waals surface area (Å²) in [7, 11) is 0. The Morgan fingerprint density at radius 1 is 0.903 bits per heavy atom. The van der Waals surface area contributed by atoms with Gasteiger partial charge < -0.3 is 10.2 Å². The molecule has 5 nitrogen and oxygen atoms in total. The molecule has 0 heterocycles. The number of nitrogens with zero attached hydrogens (tertiary/aromatic N) is 1. The van der Waals surface area contributed by atoms with Crippen LogP contribution in [0.1, 0.15) is 22.8 Å². The molecule has 0 unspecified atom stereocenters. The number of thiocarbonyl (C=S) groups is 1. The standard InChI is InChI=1S/C25H23N3O2S/c1-2-28(20-13-7-4-8-14-20)24(30)21-15-9-10-16-22(21)26-25(31)27-23(29)18-17-19-11-5-3-6-12-19/h3-18H,2H2,1H3,(H2,26,27,29,31)/b18-17+. The van der Waals surface area contributed by atoms with Crippen molar-refractivity contribution in [1.82, 2.24) is 5.32 Å². The van der Waals surface area contributed by atoms with Gasteiger partial charge in [-0.1, -0.05) is 60.7 Å². The summed E-state index contributed by atoms with van der Waals surface area (Å²) in [5, 5.41) is 5.69. The Hall–Kier alpha value is -3.77. The van der Waals surface area contributed by atoms with Crippen molar-refractivity contribution >= 4 is 46.6 Å². The molecule has 0 atom stereocenters. The quantitative estimate of drug-likeness (QED) is 0.433. The van der Waals surface area contributed by atoms with E-state index in [2.05, 4.69) is 10.6 Å². The van der Waals surface area contributed by atoms with Gasteiger partial charge in [0.1, 0.15) is 0 Å². The van der Waals surface area contributed by atoms with E-state index in [1.807, 2.05) is 67.6 Å². The molecule has 0 aliphatic heterocycles. The summed E-state index contributed by atoms with van der Waals surface area (Å²) in [6.45, 7) is 2.44. The summed E-state index contributed by atoms with van der Waals surface area (Å²) in [5.74, 6) is -0.514. The highest BCUT2D eigenvalue weighted by molar-refractivity contribution is 7.80. The maximum Gasteiger partial charge on any atom is 0.260 e. The Bertz CT molecular complexity index is 1080. The highest BCUT2D eigenvalue weighted by atomic mass is 32.1. The number of hydrogen-bond acceptors (Lipinski definition) is 3. The first kappa shape index (κ1) is 21.9. The van der Waals surface area contributed by atoms with Crippen molar-refractivity contribution in [2.75, 3.05) is 16.8 Å². The highest BCUT2D eigenvalue weighted by Gasteiger charge is 2.19. The number of rotatable bonds is 6. The molecule has 0 fully saturated rings. The first-order chi connectivity index (χ1) is 15.1. The van der Waals surface area contributed by atoms with E-state index in [4.69, 9.17) is 12.2 Å². The van der Waals surface area contributed by atoms with Crippen LogP contribution in [0.5, 0.6) is 0 Å². The lowest BCUT2D eigenvalue weighted by Gasteiger charge is -2.22. The minimum Gasteiger partial charge on any atom is -0.332 e. The van der Waals surface area contributed by atoms with Crippen LogP contribution in [0.2, 0.25) is 0 Å². The maximum atomic E-state index is 13.2. The minimum atomic E-state index is -0.357. The van der Waals surface area contributed by atoms with Crippen molar-refractivity contribution in [3.63, 3.8) is 0 Å². The lowest BCUT2D eigenvalue weighted by molar-refractivity contribution is -0.115. The molecule has 0 aliphatic carbocycles. The lowest BCUT2D eigenvalue weighted by atomic mass is 10.1. The van der Waals surface area contributed by atoms with Crippen LogP contribution in [0.15, 0.2) is 91.0 Å². The molecule has 0 aromatic heterocycles. The molecule has 3 rings (SSSR count). The average molecular weight is 430 g/mol. The predicted molar refractivity (Wildman–Crippen MR) is 130 cm³/mol. The third-order valence-corrected chi connectivity index (χ3v) is 4.70. The number of anilines is 2. The Morgan fingerprint density at radius 3 is 2.19 bits per heavy atom. The van der Waals surface area contributed by atoms with Crippen LogP contribution in [0, 0.1) is 0 Å². The van der Waals surface area contributed by atoms with Crippen LogP contribution in [0.3, 0.4) is 0 Å². The molecule has 2 amide bonds. The summed E-state index contributed by atoms with van der Waals surface area (Å²) >= 11 is 5.28. The third-order valence-electron chi connectivity index (χ3n) is 4.50. The molecule has 156 valence electrons. The van der Waals surface area contributed by atoms with E-state index in [1.54, 1.807) is 35.2 Å². The van der Waals surface area contributed by atoms with Crippen LogP contribution in [0.4, 0.5) is 11.4 Å². The first-order valence-electron chi connectivity index (χ1n) is 9.89. The molecule has 0 saturated heterocycles. The average Bonchev–Trinajstić information content (AvgIpc) is 2.80. The number of para-hydroxylation sites is 2. The van der Waals surface area contributed by atoms with E-state index < -0.39 is 0 Å². The van der Waals surface area contributed by atoms with E-state index >= 15 is 0 Å². The molecule has 31 heavy (non-hydrogen) atoms. The van der Waals surface area contributed by atoms with Crippen LogP contribution in [-0.4, -0.2) is 23.5 Å². The molecule has 0 saturated carbocycles. The van der Waals surface area contributed by atoms with Gasteiger partial charge >= 0.3 is 0 Å². The number of amides is 2. The van der Waals surface area contributed by atoms with Crippen molar-refractivity contribution < 1.29 is 9.59 Å². The SMILES string of the molecule is CCN(C(=O)c1ccccc1NC(=S)NC(=O)/C=C/c1ccccc1)c1ccccc1. The Morgan fingerprint density at radius 2 is 1.52 bits per heavy atom. The van der Waals surface area contributed by atoms with Gasteiger partial charge in [-0.3, -0.25) is 14.9 Å². The topological polar surface area (TPSA) is 61.4 Å². The molecule has 2 N–H and O–H groups in total. The van der Waals surface area contributed by atoms with Crippen LogP contribution in [-0.2, 0) is 4.79 Å². The molecule has 6 heteroatoms. The zero-order valence-corrected chi connectivity index (χ0v) is 17.9. The van der Waals surface area contributed by atoms with Gasteiger partial charge in [0.2, 0.25) is 5.91 Å². The van der Waals surface area contributed by atoms with E-state index in [9.17, 15) is 9.59 Å². The zero-order chi connectivity index (χ0) is 22.1. The van der Waals surface area contributed by atoms with Gasteiger partial charge in [0.25, 0.3) is 5.91 Å². The van der Waals surface area contributed by atoms with E-state index in [-0.39, 0.29) is 16.9 Å². The van der Waals surface area contributed by atoms with Gasteiger partial charge in [0.05, 0.1) is 11.3 Å². The Labute approximate surface area is 187 Å². The van der Waals surface area contributed by atoms with Gasteiger partial charge in [-0.15, -0.1) is 0 Å². The summed E-state index contributed by atoms with van der Waals surface area (Å²) in [4.78, 5) is 27.1. The fourth-order valence-electron chi connectivity index (χ4n) is 3.02. The van der Waals surface area contributed by atoms with Gasteiger partial charge in [0.15, 0.2) is 5.11 Å². The molecule has 0 spiro atoms. The molecule has 0 radical (unpaired) electrons. The minimum absolute atomic E-state index is 0.116. The number of carbonyl (C=O) groups excluding carboxylic acids is 2. The van der Waals surface area contributed by atoms with E-state index in [0.717, 1.165) is 11.3 Å². The van der Waals surface area contributed by atoms with Crippen molar-refractivity contribution in [3.05, 3.63) is 102 Å². The van der Waals surface area contributed by atoms with Crippen LogP contribution >= 0.6 is 12.2 Å². The van der Waals surface area contributed by atoms with Gasteiger partial charge in [-0.25, -0.2) is 0 Å². The fraction of sp³-hybridized carbons (Fsp3) is 0.0800. The maximum absolute atomic E-state index is 13.2. The molecular formula is C25H23N3O2S. The molecule has 0 aliphatic rings. The molecule has 0 bridgehead atoms. The molecular weight excluding hydrogens is 406 g/mol. The first-order valence-corrected chi connectivity index (χ1v) is 10.3. The monoisotopic (exact) mass is 429 g/mol. The smallest absolute Gasteiger partial charge is 0.260 e. The zero-order valence-electron chi connectivity index (χ0n) is 17.1. The molecule has 3 aromatic rings. The normalized spacial score (nSPS) is 10.5. The fourth-order valence-corrected chi connectivity index (χ4v) is 3.23. The number of carbonyl (C=O) groups is 2. The number of benzene rings is 3. The second-order valence-corrected chi connectivity index (χ2v) is 7.03. The summed E-state index contributed by atoms with van der Waals surface area (Å²) < 4.78 is 0. The van der Waals surface area contributed by atoms with Crippen LogP contribution < -0.4 is 15.5 Å². The highest BCUT2D eigenvalue weighted by Crippen LogP contribution is 2.21. The lowest BCUT2D eigenvalue weighted by Crippen LogP contribution is -2.35. The summed E-state index contributed by atoms with van der Waals surface area (Å²) in [5.41, 5.74) is 2.71. The van der Waals surface area contributed by atoms with Crippen molar-refractivity contribution in [2.45, 2.75) is 6.92 Å². The second-order valence-electron chi connectivity index (χ2n) is 6.62. The van der Waals surface area contributed by atoms with E-state index in [1.165, 1.54) is 6.08 Å². The van der Waals surface area contributed by atoms with Gasteiger partial charge in [0, 0.05) is 18.3 Å². The van der Waals surface area contributed by atoms with Crippen molar-refractivity contribution in [1.29, 1.82) is 0 Å². The second kappa shape index (κ2) is 10.8. The van der Waals surface area contributed by atoms with Crippen LogP contribution in [0.25, 0.3) is 6.08 Å². The predicted octanol–water partition coefficient (Wildman–Crippen LogP) is 4.88.